The molecule has 2 aromatic rings. The molecule has 1 aromatic heterocycles. The number of thiophene rings is 1. The van der Waals surface area contributed by atoms with Crippen LogP contribution >= 0.6 is 11.3 Å². The highest BCUT2D eigenvalue weighted by molar-refractivity contribution is 7.09. The molecule has 0 radical (unpaired) electrons. The molecule has 1 saturated heterocycles. The molecule has 0 saturated carbocycles. The van der Waals surface area contributed by atoms with Gasteiger partial charge >= 0.3 is 18.0 Å². The minimum atomic E-state index is -1.26. The summed E-state index contributed by atoms with van der Waals surface area (Å²) in [6, 6.07) is 8.65. The van der Waals surface area contributed by atoms with E-state index >= 15 is 0 Å². The van der Waals surface area contributed by atoms with E-state index in [-0.39, 0.29) is 12.6 Å². The Morgan fingerprint density at radius 1 is 1.24 bits per heavy atom. The van der Waals surface area contributed by atoms with Crippen molar-refractivity contribution in [1.29, 1.82) is 0 Å². The summed E-state index contributed by atoms with van der Waals surface area (Å²) < 4.78 is 25.0. The van der Waals surface area contributed by atoms with Gasteiger partial charge in [-0.2, -0.15) is 0 Å². The molecule has 0 spiro atoms. The average molecular weight is 495 g/mol. The smallest absolute Gasteiger partial charge is 0.410 e. The number of rotatable bonds is 8. The van der Waals surface area contributed by atoms with Gasteiger partial charge in [0.1, 0.15) is 18.2 Å². The number of amides is 1. The lowest BCUT2D eigenvalue weighted by Crippen LogP contribution is -2.52. The Kier molecular flexibility index (Phi) is 11.0. The van der Waals surface area contributed by atoms with Crippen LogP contribution in [-0.2, 0) is 27.4 Å². The van der Waals surface area contributed by atoms with Gasteiger partial charge in [0.05, 0.1) is 6.61 Å². The Balaban J connectivity index is 0.000000440. The molecule has 1 aliphatic rings. The number of ether oxygens (including phenoxy) is 2. The van der Waals surface area contributed by atoms with Crippen LogP contribution in [0.3, 0.4) is 0 Å². The molecule has 0 aliphatic carbocycles. The Bertz CT molecular complexity index is 966. The van der Waals surface area contributed by atoms with E-state index in [0.29, 0.717) is 36.6 Å². The lowest BCUT2D eigenvalue weighted by Gasteiger charge is -2.33. The van der Waals surface area contributed by atoms with Crippen molar-refractivity contribution in [2.45, 2.75) is 26.0 Å². The van der Waals surface area contributed by atoms with Crippen LogP contribution in [0.2, 0.25) is 0 Å². The van der Waals surface area contributed by atoms with Gasteiger partial charge in [-0.25, -0.2) is 18.8 Å². The second-order valence-corrected chi connectivity index (χ2v) is 8.27. The number of benzene rings is 1. The standard InChI is InChI=1S/C19H23FN2O3S.C4H4O4/c1-14-12-21-7-8-22(14)19(23)25-13-15-11-16(4-5-18(15)20)24-9-6-17-3-2-10-26-17;5-3(6)1-2-4(7)8/h2-5,10-11,14,21H,6-9,12-13H2,1H3;1-2H,(H,5,6)(H,7,8). The quantitative estimate of drug-likeness (QED) is 0.478. The summed E-state index contributed by atoms with van der Waals surface area (Å²) in [5.74, 6) is -2.35. The minimum Gasteiger partial charge on any atom is -0.493 e. The molecule has 3 N–H and O–H groups in total. The van der Waals surface area contributed by atoms with Gasteiger partial charge in [0.15, 0.2) is 0 Å². The maximum Gasteiger partial charge on any atom is 0.410 e. The van der Waals surface area contributed by atoms with Crippen LogP contribution in [-0.4, -0.2) is 65.4 Å². The van der Waals surface area contributed by atoms with E-state index in [0.717, 1.165) is 19.5 Å². The van der Waals surface area contributed by atoms with Gasteiger partial charge in [-0.3, -0.25) is 0 Å². The molecule has 0 bridgehead atoms. The van der Waals surface area contributed by atoms with E-state index in [9.17, 15) is 18.8 Å². The lowest BCUT2D eigenvalue weighted by molar-refractivity contribution is -0.134. The molecule has 1 aliphatic heterocycles. The van der Waals surface area contributed by atoms with E-state index in [1.807, 2.05) is 18.4 Å². The number of nitrogens with zero attached hydrogens (tertiary/aromatic N) is 1. The summed E-state index contributed by atoms with van der Waals surface area (Å²) in [6.45, 7) is 4.43. The molecule has 184 valence electrons. The first kappa shape index (κ1) is 26.8. The predicted octanol–water partition coefficient (Wildman–Crippen LogP) is 3.15. The van der Waals surface area contributed by atoms with E-state index in [2.05, 4.69) is 11.4 Å². The third kappa shape index (κ3) is 9.59. The highest BCUT2D eigenvalue weighted by atomic mass is 32.1. The SMILES string of the molecule is CC1CNCCN1C(=O)OCc1cc(OCCc2cccs2)ccc1F.O=C(O)C=CC(=O)O. The van der Waals surface area contributed by atoms with Gasteiger partial charge in [-0.1, -0.05) is 6.07 Å². The van der Waals surface area contributed by atoms with Crippen LogP contribution in [0.25, 0.3) is 0 Å². The normalized spacial score (nSPS) is 15.4. The van der Waals surface area contributed by atoms with Crippen molar-refractivity contribution in [1.82, 2.24) is 10.2 Å². The summed E-state index contributed by atoms with van der Waals surface area (Å²) >= 11 is 1.68. The van der Waals surface area contributed by atoms with Gasteiger partial charge in [-0.05, 0) is 36.6 Å². The van der Waals surface area contributed by atoms with E-state index < -0.39 is 23.8 Å². The fourth-order valence-electron chi connectivity index (χ4n) is 2.95. The van der Waals surface area contributed by atoms with Crippen molar-refractivity contribution in [3.8, 4) is 5.75 Å². The van der Waals surface area contributed by atoms with Crippen molar-refractivity contribution >= 4 is 29.4 Å². The first-order chi connectivity index (χ1) is 16.3. The first-order valence-corrected chi connectivity index (χ1v) is 11.4. The van der Waals surface area contributed by atoms with Crippen LogP contribution in [0.1, 0.15) is 17.4 Å². The summed E-state index contributed by atoms with van der Waals surface area (Å²) in [5.41, 5.74) is 0.315. The Morgan fingerprint density at radius 2 is 1.97 bits per heavy atom. The summed E-state index contributed by atoms with van der Waals surface area (Å²) in [4.78, 5) is 34.2. The van der Waals surface area contributed by atoms with Gasteiger partial charge < -0.3 is 29.9 Å². The van der Waals surface area contributed by atoms with Gasteiger partial charge in [0, 0.05) is 54.7 Å². The van der Waals surface area contributed by atoms with Crippen LogP contribution in [0.15, 0.2) is 47.9 Å². The zero-order valence-corrected chi connectivity index (χ0v) is 19.4. The molecule has 34 heavy (non-hydrogen) atoms. The number of hydrogen-bond acceptors (Lipinski definition) is 7. The molecule has 11 heteroatoms. The number of carbonyl (C=O) groups is 3. The Morgan fingerprint density at radius 3 is 2.59 bits per heavy atom. The molecular weight excluding hydrogens is 467 g/mol. The molecule has 1 amide bonds. The number of halogens is 1. The monoisotopic (exact) mass is 494 g/mol. The van der Waals surface area contributed by atoms with Crippen LogP contribution < -0.4 is 10.1 Å². The summed E-state index contributed by atoms with van der Waals surface area (Å²) in [7, 11) is 0. The summed E-state index contributed by atoms with van der Waals surface area (Å²) in [6.07, 6.45) is 1.51. The molecule has 3 rings (SSSR count). The Hall–Kier alpha value is -3.44. The zero-order valence-electron chi connectivity index (χ0n) is 18.6. The van der Waals surface area contributed by atoms with Crippen molar-refractivity contribution in [3.05, 3.63) is 64.1 Å². The van der Waals surface area contributed by atoms with Gasteiger partial charge in [0.25, 0.3) is 0 Å². The van der Waals surface area contributed by atoms with Crippen LogP contribution in [0.4, 0.5) is 9.18 Å². The van der Waals surface area contributed by atoms with Crippen molar-refractivity contribution in [3.63, 3.8) is 0 Å². The fourth-order valence-corrected chi connectivity index (χ4v) is 3.64. The lowest BCUT2D eigenvalue weighted by atomic mass is 10.2. The molecule has 1 atom stereocenters. The second kappa shape index (κ2) is 14.0. The molecule has 2 heterocycles. The van der Waals surface area contributed by atoms with E-state index in [1.54, 1.807) is 28.4 Å². The topological polar surface area (TPSA) is 125 Å². The minimum absolute atomic E-state index is 0.0630. The largest absolute Gasteiger partial charge is 0.493 e. The summed E-state index contributed by atoms with van der Waals surface area (Å²) in [5, 5.41) is 20.9. The number of carboxylic acids is 2. The molecule has 9 nitrogen and oxygen atoms in total. The second-order valence-electron chi connectivity index (χ2n) is 7.24. The molecular formula is C23H27FN2O7S. The number of carbonyl (C=O) groups excluding carboxylic acids is 1. The van der Waals surface area contributed by atoms with Crippen LogP contribution in [0, 0.1) is 5.82 Å². The Labute approximate surface area is 200 Å². The molecule has 1 fully saturated rings. The van der Waals surface area contributed by atoms with Crippen molar-refractivity contribution in [2.75, 3.05) is 26.2 Å². The van der Waals surface area contributed by atoms with E-state index in [4.69, 9.17) is 19.7 Å². The van der Waals surface area contributed by atoms with Gasteiger partial charge in [0.2, 0.25) is 0 Å². The number of carboxylic acid groups (broad SMARTS) is 2. The average Bonchev–Trinajstić information content (AvgIpc) is 3.32. The number of nitrogens with one attached hydrogen (secondary N) is 1. The van der Waals surface area contributed by atoms with Crippen molar-refractivity contribution in [2.24, 2.45) is 0 Å². The maximum atomic E-state index is 14.0. The number of hydrogen-bond donors (Lipinski definition) is 3. The first-order valence-electron chi connectivity index (χ1n) is 10.5. The van der Waals surface area contributed by atoms with E-state index in [1.165, 1.54) is 10.9 Å². The maximum absolute atomic E-state index is 14.0. The van der Waals surface area contributed by atoms with Crippen LogP contribution in [0.5, 0.6) is 5.75 Å². The fraction of sp³-hybridized carbons (Fsp3) is 0.348. The van der Waals surface area contributed by atoms with Crippen molar-refractivity contribution < 1.29 is 38.5 Å². The zero-order chi connectivity index (χ0) is 24.9. The predicted molar refractivity (Wildman–Crippen MR) is 124 cm³/mol. The third-order valence-corrected chi connectivity index (χ3v) is 5.61. The molecule has 1 aromatic carbocycles. The number of piperazine rings is 1. The highest BCUT2D eigenvalue weighted by Crippen LogP contribution is 2.19. The molecule has 1 unspecified atom stereocenters. The third-order valence-electron chi connectivity index (χ3n) is 4.67. The highest BCUT2D eigenvalue weighted by Gasteiger charge is 2.24. The van der Waals surface area contributed by atoms with Gasteiger partial charge in [-0.15, -0.1) is 11.3 Å². The number of aliphatic carboxylic acids is 2.